The van der Waals surface area contributed by atoms with Gasteiger partial charge in [-0.15, -0.1) is 0 Å². The molecule has 0 bridgehead atoms. The Morgan fingerprint density at radius 2 is 2.04 bits per heavy atom. The van der Waals surface area contributed by atoms with Crippen LogP contribution in [-0.2, 0) is 0 Å². The van der Waals surface area contributed by atoms with Crippen molar-refractivity contribution in [2.45, 2.75) is 32.0 Å². The molecule has 0 spiro atoms. The number of nitrogens with one attached hydrogen (secondary N) is 1. The van der Waals surface area contributed by atoms with Gasteiger partial charge < -0.3 is 9.84 Å². The number of aliphatic imine (C=N–C) groups is 1. The van der Waals surface area contributed by atoms with Gasteiger partial charge in [-0.3, -0.25) is 10.3 Å². The van der Waals surface area contributed by atoms with Crippen molar-refractivity contribution in [1.29, 1.82) is 0 Å². The van der Waals surface area contributed by atoms with Crippen LogP contribution in [0, 0.1) is 0 Å². The second-order valence-electron chi connectivity index (χ2n) is 6.45. The second kappa shape index (κ2) is 6.57. The standard InChI is InChI=1S/C19H21BrN2O2/c1-19(2)21-16(12-5-4-6-14(9-12)24-3)11-17(22-19)15-10-13(20)7-8-18(15)23/h4-10,17,22-23H,11H2,1-3H3. The van der Waals surface area contributed by atoms with E-state index in [2.05, 4.69) is 21.2 Å². The van der Waals surface area contributed by atoms with Gasteiger partial charge in [0, 0.05) is 28.2 Å². The monoisotopic (exact) mass is 388 g/mol. The van der Waals surface area contributed by atoms with E-state index in [0.717, 1.165) is 27.1 Å². The Morgan fingerprint density at radius 1 is 1.25 bits per heavy atom. The van der Waals surface area contributed by atoms with Crippen molar-refractivity contribution in [1.82, 2.24) is 5.32 Å². The first-order valence-electron chi connectivity index (χ1n) is 7.87. The number of methoxy groups -OCH3 is 1. The molecule has 126 valence electrons. The number of hydrogen-bond acceptors (Lipinski definition) is 4. The zero-order chi connectivity index (χ0) is 17.3. The van der Waals surface area contributed by atoms with Gasteiger partial charge in [0.2, 0.25) is 0 Å². The lowest BCUT2D eigenvalue weighted by molar-refractivity contribution is 0.328. The van der Waals surface area contributed by atoms with Crippen LogP contribution in [0.25, 0.3) is 0 Å². The van der Waals surface area contributed by atoms with Gasteiger partial charge in [0.1, 0.15) is 17.2 Å². The molecule has 2 aromatic rings. The molecule has 3 rings (SSSR count). The van der Waals surface area contributed by atoms with Gasteiger partial charge in [0.25, 0.3) is 0 Å². The first kappa shape index (κ1) is 17.0. The highest BCUT2D eigenvalue weighted by atomic mass is 79.9. The molecule has 1 atom stereocenters. The van der Waals surface area contributed by atoms with Crippen molar-refractivity contribution in [3.8, 4) is 11.5 Å². The van der Waals surface area contributed by atoms with Crippen LogP contribution in [0.4, 0.5) is 0 Å². The van der Waals surface area contributed by atoms with Crippen LogP contribution in [0.15, 0.2) is 51.9 Å². The quantitative estimate of drug-likeness (QED) is 0.817. The third-order valence-electron chi connectivity index (χ3n) is 4.11. The maximum atomic E-state index is 10.3. The number of hydrogen-bond donors (Lipinski definition) is 2. The fourth-order valence-electron chi connectivity index (χ4n) is 3.06. The molecule has 0 radical (unpaired) electrons. The summed E-state index contributed by atoms with van der Waals surface area (Å²) in [6, 6.07) is 13.4. The molecule has 2 aromatic carbocycles. The number of aromatic hydroxyl groups is 1. The number of rotatable bonds is 3. The van der Waals surface area contributed by atoms with E-state index in [1.807, 2.05) is 50.2 Å². The molecule has 0 amide bonds. The van der Waals surface area contributed by atoms with Crippen molar-refractivity contribution in [2.75, 3.05) is 7.11 Å². The average Bonchev–Trinajstić information content (AvgIpc) is 2.55. The number of phenolic OH excluding ortho intramolecular Hbond substituents is 1. The van der Waals surface area contributed by atoms with Crippen molar-refractivity contribution >= 4 is 21.6 Å². The normalized spacial score (nSPS) is 19.7. The molecule has 0 aliphatic carbocycles. The van der Waals surface area contributed by atoms with E-state index in [9.17, 15) is 5.11 Å². The van der Waals surface area contributed by atoms with Gasteiger partial charge in [0.05, 0.1) is 7.11 Å². The third kappa shape index (κ3) is 3.62. The van der Waals surface area contributed by atoms with E-state index in [1.54, 1.807) is 13.2 Å². The highest BCUT2D eigenvalue weighted by Gasteiger charge is 2.31. The molecule has 1 unspecified atom stereocenters. The lowest BCUT2D eigenvalue weighted by atomic mass is 9.92. The summed E-state index contributed by atoms with van der Waals surface area (Å²) in [6.45, 7) is 4.07. The number of benzene rings is 2. The smallest absolute Gasteiger partial charge is 0.120 e. The fourth-order valence-corrected chi connectivity index (χ4v) is 3.44. The predicted molar refractivity (Wildman–Crippen MR) is 99.9 cm³/mol. The van der Waals surface area contributed by atoms with Gasteiger partial charge >= 0.3 is 0 Å². The molecule has 0 aromatic heterocycles. The summed E-state index contributed by atoms with van der Waals surface area (Å²) in [7, 11) is 1.66. The Morgan fingerprint density at radius 3 is 2.79 bits per heavy atom. The second-order valence-corrected chi connectivity index (χ2v) is 7.37. The Labute approximate surface area is 150 Å². The number of phenols is 1. The van der Waals surface area contributed by atoms with Crippen molar-refractivity contribution in [3.05, 3.63) is 58.1 Å². The average molecular weight is 389 g/mol. The Balaban J connectivity index is 1.99. The highest BCUT2D eigenvalue weighted by molar-refractivity contribution is 9.10. The summed E-state index contributed by atoms with van der Waals surface area (Å²) in [5, 5.41) is 13.8. The van der Waals surface area contributed by atoms with Crippen molar-refractivity contribution in [2.24, 2.45) is 4.99 Å². The number of halogens is 1. The summed E-state index contributed by atoms with van der Waals surface area (Å²) < 4.78 is 6.27. The minimum Gasteiger partial charge on any atom is -0.508 e. The molecule has 2 N–H and O–H groups in total. The molecule has 1 heterocycles. The van der Waals surface area contributed by atoms with Crippen molar-refractivity contribution in [3.63, 3.8) is 0 Å². The van der Waals surface area contributed by atoms with Crippen LogP contribution in [0.3, 0.4) is 0 Å². The summed E-state index contributed by atoms with van der Waals surface area (Å²) >= 11 is 3.48. The minimum atomic E-state index is -0.421. The molecule has 0 fully saturated rings. The van der Waals surface area contributed by atoms with E-state index in [1.165, 1.54) is 0 Å². The Kier molecular flexibility index (Phi) is 4.65. The van der Waals surface area contributed by atoms with E-state index in [-0.39, 0.29) is 6.04 Å². The van der Waals surface area contributed by atoms with Crippen LogP contribution in [0.2, 0.25) is 0 Å². The van der Waals surface area contributed by atoms with Crippen LogP contribution in [0.5, 0.6) is 11.5 Å². The zero-order valence-electron chi connectivity index (χ0n) is 14.0. The van der Waals surface area contributed by atoms with Gasteiger partial charge in [0.15, 0.2) is 0 Å². The lowest BCUT2D eigenvalue weighted by Gasteiger charge is -2.35. The van der Waals surface area contributed by atoms with Gasteiger partial charge in [-0.1, -0.05) is 28.1 Å². The van der Waals surface area contributed by atoms with Crippen LogP contribution >= 0.6 is 15.9 Å². The van der Waals surface area contributed by atoms with E-state index in [4.69, 9.17) is 9.73 Å². The zero-order valence-corrected chi connectivity index (χ0v) is 15.6. The van der Waals surface area contributed by atoms with Crippen LogP contribution in [0.1, 0.15) is 37.4 Å². The number of ether oxygens (including phenoxy) is 1. The van der Waals surface area contributed by atoms with Crippen LogP contribution in [-0.4, -0.2) is 23.6 Å². The maximum Gasteiger partial charge on any atom is 0.120 e. The summed E-state index contributed by atoms with van der Waals surface area (Å²) in [5.74, 6) is 1.10. The molecule has 5 heteroatoms. The summed E-state index contributed by atoms with van der Waals surface area (Å²) in [6.07, 6.45) is 0.695. The van der Waals surface area contributed by atoms with Crippen molar-refractivity contribution < 1.29 is 9.84 Å². The van der Waals surface area contributed by atoms with E-state index >= 15 is 0 Å². The van der Waals surface area contributed by atoms with Crippen LogP contribution < -0.4 is 10.1 Å². The molecule has 0 saturated carbocycles. The molecule has 24 heavy (non-hydrogen) atoms. The van der Waals surface area contributed by atoms with Gasteiger partial charge in [-0.2, -0.15) is 0 Å². The first-order valence-corrected chi connectivity index (χ1v) is 8.66. The summed E-state index contributed by atoms with van der Waals surface area (Å²) in [5.41, 5.74) is 2.49. The maximum absolute atomic E-state index is 10.3. The first-order chi connectivity index (χ1) is 11.4. The fraction of sp³-hybridized carbons (Fsp3) is 0.316. The molecule has 4 nitrogen and oxygen atoms in total. The molecule has 0 saturated heterocycles. The highest BCUT2D eigenvalue weighted by Crippen LogP contribution is 2.35. The molecule has 1 aliphatic rings. The Hall–Kier alpha value is -1.85. The van der Waals surface area contributed by atoms with Gasteiger partial charge in [-0.05, 0) is 49.7 Å². The van der Waals surface area contributed by atoms with Gasteiger partial charge in [-0.25, -0.2) is 0 Å². The lowest BCUT2D eigenvalue weighted by Crippen LogP contribution is -2.45. The Bertz CT molecular complexity index is 787. The molecule has 1 aliphatic heterocycles. The topological polar surface area (TPSA) is 53.8 Å². The molecular formula is C19H21BrN2O2. The third-order valence-corrected chi connectivity index (χ3v) is 4.60. The predicted octanol–water partition coefficient (Wildman–Crippen LogP) is 4.42. The minimum absolute atomic E-state index is 0.0174. The van der Waals surface area contributed by atoms with E-state index in [0.29, 0.717) is 12.2 Å². The largest absolute Gasteiger partial charge is 0.508 e. The SMILES string of the molecule is COc1cccc(C2=NC(C)(C)NC(c3cc(Br)ccc3O)C2)c1. The van der Waals surface area contributed by atoms with E-state index < -0.39 is 5.66 Å². The molecular weight excluding hydrogens is 368 g/mol. The number of nitrogens with zero attached hydrogens (tertiary/aromatic N) is 1. The summed E-state index contributed by atoms with van der Waals surface area (Å²) in [4.78, 5) is 4.84.